The summed E-state index contributed by atoms with van der Waals surface area (Å²) in [5.74, 6) is 0.387. The van der Waals surface area contributed by atoms with Gasteiger partial charge in [0.05, 0.1) is 40.4 Å². The summed E-state index contributed by atoms with van der Waals surface area (Å²) < 4.78 is 58.6. The van der Waals surface area contributed by atoms with Crippen LogP contribution in [0.2, 0.25) is 0 Å². The number of hydrogen-bond acceptors (Lipinski definition) is 4. The highest BCUT2D eigenvalue weighted by atomic mass is 32.2. The number of aryl methyl sites for hydroxylation is 1. The van der Waals surface area contributed by atoms with E-state index in [-0.39, 0.29) is 21.4 Å². The van der Waals surface area contributed by atoms with E-state index in [2.05, 4.69) is 9.97 Å². The molecule has 0 saturated heterocycles. The highest BCUT2D eigenvalue weighted by Crippen LogP contribution is 2.32. The van der Waals surface area contributed by atoms with Gasteiger partial charge >= 0.3 is 6.30 Å². The van der Waals surface area contributed by atoms with Gasteiger partial charge in [-0.1, -0.05) is 12.1 Å². The van der Waals surface area contributed by atoms with E-state index < -0.39 is 22.3 Å². The zero-order chi connectivity index (χ0) is 19.1. The first-order chi connectivity index (χ1) is 12.2. The Hall–Kier alpha value is -2.42. The molecule has 0 amide bonds. The number of alkyl halides is 3. The molecule has 3 aromatic rings. The highest BCUT2D eigenvalue weighted by Gasteiger charge is 2.37. The average Bonchev–Trinajstić information content (AvgIpc) is 2.98. The molecule has 1 unspecified atom stereocenters. The number of fused-ring (bicyclic) bond motifs is 1. The second kappa shape index (κ2) is 6.71. The zero-order valence-corrected chi connectivity index (χ0v) is 15.1. The summed E-state index contributed by atoms with van der Waals surface area (Å²) in [5, 5.41) is -0.542. The van der Waals surface area contributed by atoms with Crippen LogP contribution in [0.3, 0.4) is 0 Å². The van der Waals surface area contributed by atoms with Crippen molar-refractivity contribution in [1.82, 2.24) is 14.5 Å². The topological polar surface area (TPSA) is 57.0 Å². The van der Waals surface area contributed by atoms with Gasteiger partial charge in [0.2, 0.25) is 5.16 Å². The molecule has 0 fully saturated rings. The maximum Gasteiger partial charge on any atom is 0.491 e. The third kappa shape index (κ3) is 3.18. The van der Waals surface area contributed by atoms with Gasteiger partial charge in [0.1, 0.15) is 5.75 Å². The van der Waals surface area contributed by atoms with Gasteiger partial charge in [-0.05, 0) is 26.0 Å². The summed E-state index contributed by atoms with van der Waals surface area (Å²) in [5.41, 5.74) is 1.86. The maximum absolute atomic E-state index is 13.5. The molecule has 0 N–H and O–H groups in total. The standard InChI is InChI=1S/C17H16F3N3O2S/c1-10-8-21-13(11(2)15(10)25-3)9-26(24)16-22-12-6-4-5-7-14(12)23(16)17(18,19)20/h4-8H,9H2,1-3H3. The molecule has 0 aliphatic rings. The first-order valence-corrected chi connectivity index (χ1v) is 8.98. The highest BCUT2D eigenvalue weighted by molar-refractivity contribution is 7.84. The third-order valence-electron chi connectivity index (χ3n) is 4.00. The van der Waals surface area contributed by atoms with Gasteiger partial charge in [0.25, 0.3) is 0 Å². The van der Waals surface area contributed by atoms with Gasteiger partial charge < -0.3 is 4.74 Å². The maximum atomic E-state index is 13.5. The van der Waals surface area contributed by atoms with Gasteiger partial charge in [0.15, 0.2) is 0 Å². The first kappa shape index (κ1) is 18.4. The summed E-state index contributed by atoms with van der Waals surface area (Å²) in [7, 11) is -0.539. The number of halogens is 3. The second-order valence-corrected chi connectivity index (χ2v) is 7.07. The molecule has 0 aliphatic carbocycles. The van der Waals surface area contributed by atoms with Gasteiger partial charge in [-0.15, -0.1) is 13.2 Å². The fraction of sp³-hybridized carbons (Fsp3) is 0.294. The molecule has 2 heterocycles. The van der Waals surface area contributed by atoms with Crippen LogP contribution in [0.4, 0.5) is 13.2 Å². The number of para-hydroxylation sites is 2. The Morgan fingerprint density at radius 2 is 1.92 bits per heavy atom. The number of methoxy groups -OCH3 is 1. The SMILES string of the molecule is COc1c(C)cnc(CS(=O)c2nc3ccccc3n2C(F)(F)F)c1C. The van der Waals surface area contributed by atoms with E-state index in [4.69, 9.17) is 4.74 Å². The molecule has 26 heavy (non-hydrogen) atoms. The molecule has 0 spiro atoms. The van der Waals surface area contributed by atoms with Gasteiger partial charge in [-0.25, -0.2) is 9.55 Å². The lowest BCUT2D eigenvalue weighted by atomic mass is 10.1. The third-order valence-corrected chi connectivity index (χ3v) is 5.22. The fourth-order valence-electron chi connectivity index (χ4n) is 2.81. The molecule has 0 bridgehead atoms. The van der Waals surface area contributed by atoms with Crippen molar-refractivity contribution < 1.29 is 22.1 Å². The van der Waals surface area contributed by atoms with Crippen molar-refractivity contribution in [2.24, 2.45) is 0 Å². The molecular formula is C17H16F3N3O2S. The molecule has 1 atom stereocenters. The summed E-state index contributed by atoms with van der Waals surface area (Å²) >= 11 is 0. The minimum atomic E-state index is -4.73. The van der Waals surface area contributed by atoms with Crippen LogP contribution >= 0.6 is 0 Å². The van der Waals surface area contributed by atoms with E-state index in [9.17, 15) is 17.4 Å². The summed E-state index contributed by atoms with van der Waals surface area (Å²) in [4.78, 5) is 8.16. The Morgan fingerprint density at radius 3 is 2.58 bits per heavy atom. The lowest BCUT2D eigenvalue weighted by molar-refractivity contribution is -0.206. The van der Waals surface area contributed by atoms with Crippen LogP contribution in [0.25, 0.3) is 11.0 Å². The Bertz CT molecular complexity index is 999. The molecule has 138 valence electrons. The molecule has 0 radical (unpaired) electrons. The van der Waals surface area contributed by atoms with Crippen LogP contribution in [0.5, 0.6) is 5.75 Å². The number of hydrogen-bond donors (Lipinski definition) is 0. The van der Waals surface area contributed by atoms with E-state index in [0.717, 1.165) is 5.56 Å². The lowest BCUT2D eigenvalue weighted by Gasteiger charge is -2.14. The monoisotopic (exact) mass is 383 g/mol. The molecule has 2 aromatic heterocycles. The summed E-state index contributed by atoms with van der Waals surface area (Å²) in [6, 6.07) is 5.82. The average molecular weight is 383 g/mol. The quantitative estimate of drug-likeness (QED) is 0.687. The number of pyridine rings is 1. The predicted octanol–water partition coefficient (Wildman–Crippen LogP) is 3.84. The minimum Gasteiger partial charge on any atom is -0.496 e. The zero-order valence-electron chi connectivity index (χ0n) is 14.3. The Morgan fingerprint density at radius 1 is 1.23 bits per heavy atom. The number of nitrogens with zero attached hydrogens (tertiary/aromatic N) is 3. The van der Waals surface area contributed by atoms with Crippen molar-refractivity contribution in [1.29, 1.82) is 0 Å². The van der Waals surface area contributed by atoms with Crippen LogP contribution in [0.15, 0.2) is 35.6 Å². The first-order valence-electron chi connectivity index (χ1n) is 7.66. The van der Waals surface area contributed by atoms with Crippen LogP contribution in [0.1, 0.15) is 16.8 Å². The molecule has 0 aliphatic heterocycles. The van der Waals surface area contributed by atoms with Crippen molar-refractivity contribution in [3.05, 3.63) is 47.3 Å². The number of rotatable bonds is 4. The Balaban J connectivity index is 2.07. The van der Waals surface area contributed by atoms with E-state index in [1.807, 2.05) is 6.92 Å². The number of ether oxygens (including phenoxy) is 1. The van der Waals surface area contributed by atoms with Gasteiger partial charge in [-0.2, -0.15) is 0 Å². The smallest absolute Gasteiger partial charge is 0.491 e. The molecular weight excluding hydrogens is 367 g/mol. The van der Waals surface area contributed by atoms with Crippen LogP contribution in [0, 0.1) is 13.8 Å². The lowest BCUT2D eigenvalue weighted by Crippen LogP contribution is -2.21. The Kier molecular flexibility index (Phi) is 4.74. The number of benzene rings is 1. The largest absolute Gasteiger partial charge is 0.496 e. The minimum absolute atomic E-state index is 0.0687. The van der Waals surface area contributed by atoms with Crippen LogP contribution in [-0.2, 0) is 22.9 Å². The van der Waals surface area contributed by atoms with Gasteiger partial charge in [-0.3, -0.25) is 9.19 Å². The summed E-state index contributed by atoms with van der Waals surface area (Å²) in [6.45, 7) is 3.54. The second-order valence-electron chi connectivity index (χ2n) is 5.72. The van der Waals surface area contributed by atoms with Crippen LogP contribution < -0.4 is 4.74 Å². The van der Waals surface area contributed by atoms with Gasteiger partial charge in [0, 0.05) is 17.3 Å². The predicted molar refractivity (Wildman–Crippen MR) is 91.4 cm³/mol. The van der Waals surface area contributed by atoms with Crippen molar-refractivity contribution in [3.8, 4) is 5.75 Å². The normalized spacial score (nSPS) is 13.2. The molecule has 0 saturated carbocycles. The van der Waals surface area contributed by atoms with E-state index in [0.29, 0.717) is 17.0 Å². The van der Waals surface area contributed by atoms with E-state index in [1.165, 1.54) is 25.3 Å². The van der Waals surface area contributed by atoms with Crippen molar-refractivity contribution in [2.75, 3.05) is 7.11 Å². The molecule has 3 rings (SSSR count). The Labute approximate surface area is 150 Å². The van der Waals surface area contributed by atoms with Crippen molar-refractivity contribution in [2.45, 2.75) is 31.1 Å². The summed E-state index contributed by atoms with van der Waals surface area (Å²) in [6.07, 6.45) is -3.18. The molecule has 1 aromatic carbocycles. The van der Waals surface area contributed by atoms with Crippen LogP contribution in [-0.4, -0.2) is 25.9 Å². The fourth-order valence-corrected chi connectivity index (χ4v) is 4.08. The van der Waals surface area contributed by atoms with Crippen molar-refractivity contribution >= 4 is 21.8 Å². The van der Waals surface area contributed by atoms with E-state index >= 15 is 0 Å². The van der Waals surface area contributed by atoms with E-state index in [1.54, 1.807) is 19.2 Å². The molecule has 9 heteroatoms. The van der Waals surface area contributed by atoms with Crippen molar-refractivity contribution in [3.63, 3.8) is 0 Å². The number of aromatic nitrogens is 3. The molecule has 5 nitrogen and oxygen atoms in total. The number of imidazole rings is 1.